The quantitative estimate of drug-likeness (QED) is 0.0859. The minimum absolute atomic E-state index is 0.127. The Morgan fingerprint density at radius 2 is 1.51 bits per heavy atom. The molecule has 4 N–H and O–H groups in total. The third kappa shape index (κ3) is 12.3. The first-order valence-electron chi connectivity index (χ1n) is 21.1. The van der Waals surface area contributed by atoms with Gasteiger partial charge >= 0.3 is 5.97 Å². The number of hydrogen-bond donors (Lipinski definition) is 4. The number of nitrogens with zero attached hydrogens (tertiary/aromatic N) is 2. The van der Waals surface area contributed by atoms with E-state index in [2.05, 4.69) is 5.16 Å². The third-order valence-electron chi connectivity index (χ3n) is 13.0. The van der Waals surface area contributed by atoms with Crippen LogP contribution in [-0.2, 0) is 52.3 Å². The van der Waals surface area contributed by atoms with Gasteiger partial charge in [0.15, 0.2) is 12.6 Å². The SMILES string of the molecule is CCC1OC(=O)[C@H](C)C(O[C@H]2C[C@@](C)(OC)[C@@H](O)[C@H](C)O2)[C@H](C)[C@@H](O[C@@H]2O[C@H](C)C[C@H](N(C)C)[C@H]2O)[C@](C)(OC)C[C@@H](C)/C(=N\OCOCCOC)[C@H](C)[C@@H](O)[C@]1(C)O. The van der Waals surface area contributed by atoms with Crippen LogP contribution in [0.15, 0.2) is 5.16 Å². The van der Waals surface area contributed by atoms with Gasteiger partial charge in [-0.3, -0.25) is 4.79 Å². The van der Waals surface area contributed by atoms with Gasteiger partial charge in [0.25, 0.3) is 0 Å². The molecule has 0 aromatic carbocycles. The van der Waals surface area contributed by atoms with E-state index in [4.69, 9.17) is 47.5 Å². The molecule has 18 atom stereocenters. The molecular weight excluding hydrogens is 772 g/mol. The van der Waals surface area contributed by atoms with Crippen molar-refractivity contribution in [2.75, 3.05) is 55.4 Å². The fraction of sp³-hybridized carbons (Fsp3) is 0.952. The van der Waals surface area contributed by atoms with E-state index in [9.17, 15) is 25.2 Å². The zero-order chi connectivity index (χ0) is 44.6. The lowest BCUT2D eigenvalue weighted by Crippen LogP contribution is -2.61. The van der Waals surface area contributed by atoms with Gasteiger partial charge in [0, 0.05) is 51.5 Å². The number of carbonyl (C=O) groups is 1. The first-order chi connectivity index (χ1) is 27.5. The first kappa shape index (κ1) is 51.8. The highest BCUT2D eigenvalue weighted by atomic mass is 16.7. The molecule has 0 aromatic rings. The average Bonchev–Trinajstić information content (AvgIpc) is 3.18. The lowest BCUT2D eigenvalue weighted by Gasteiger charge is -2.50. The van der Waals surface area contributed by atoms with Crippen molar-refractivity contribution in [3.05, 3.63) is 0 Å². The molecule has 3 aliphatic heterocycles. The summed E-state index contributed by atoms with van der Waals surface area (Å²) >= 11 is 0. The molecule has 3 fully saturated rings. The summed E-state index contributed by atoms with van der Waals surface area (Å²) in [7, 11) is 8.41. The molecular formula is C42H78N2O15. The molecule has 346 valence electrons. The summed E-state index contributed by atoms with van der Waals surface area (Å²) in [5, 5.41) is 51.2. The minimum atomic E-state index is -1.94. The molecule has 3 saturated heterocycles. The number of ether oxygens (including phenoxy) is 9. The Hall–Kier alpha value is -1.58. The Kier molecular flexibility index (Phi) is 19.4. The van der Waals surface area contributed by atoms with Crippen LogP contribution in [0.5, 0.6) is 0 Å². The number of rotatable bonds is 14. The number of carbonyl (C=O) groups excluding carboxylic acids is 1. The molecule has 3 heterocycles. The molecule has 0 aliphatic carbocycles. The van der Waals surface area contributed by atoms with Crippen molar-refractivity contribution in [2.24, 2.45) is 28.8 Å². The van der Waals surface area contributed by atoms with Crippen LogP contribution in [-0.4, -0.2) is 177 Å². The van der Waals surface area contributed by atoms with Crippen molar-refractivity contribution >= 4 is 11.7 Å². The van der Waals surface area contributed by atoms with E-state index in [1.807, 2.05) is 46.7 Å². The molecule has 3 rings (SSSR count). The van der Waals surface area contributed by atoms with Gasteiger partial charge in [-0.1, -0.05) is 32.9 Å². The second-order valence-corrected chi connectivity index (χ2v) is 17.9. The van der Waals surface area contributed by atoms with Crippen molar-refractivity contribution in [3.63, 3.8) is 0 Å². The Balaban J connectivity index is 2.26. The fourth-order valence-electron chi connectivity index (χ4n) is 9.11. The molecule has 17 nitrogen and oxygen atoms in total. The monoisotopic (exact) mass is 851 g/mol. The van der Waals surface area contributed by atoms with Gasteiger partial charge in [0.05, 0.1) is 66.6 Å². The maximum atomic E-state index is 14.4. The van der Waals surface area contributed by atoms with Crippen LogP contribution in [0.1, 0.15) is 94.9 Å². The van der Waals surface area contributed by atoms with E-state index in [1.54, 1.807) is 48.8 Å². The molecule has 59 heavy (non-hydrogen) atoms. The van der Waals surface area contributed by atoms with Gasteiger partial charge in [-0.05, 0) is 74.9 Å². The minimum Gasteiger partial charge on any atom is -0.459 e. The van der Waals surface area contributed by atoms with E-state index in [0.29, 0.717) is 18.7 Å². The van der Waals surface area contributed by atoms with Gasteiger partial charge in [-0.25, -0.2) is 0 Å². The summed E-state index contributed by atoms with van der Waals surface area (Å²) in [6, 6.07) is -0.287. The van der Waals surface area contributed by atoms with Crippen LogP contribution >= 0.6 is 0 Å². The van der Waals surface area contributed by atoms with Gasteiger partial charge in [-0.2, -0.15) is 0 Å². The molecule has 17 heteroatoms. The summed E-state index contributed by atoms with van der Waals surface area (Å²) in [4.78, 5) is 22.0. The maximum Gasteiger partial charge on any atom is 0.311 e. The summed E-state index contributed by atoms with van der Waals surface area (Å²) in [6.07, 6.45) is -8.52. The van der Waals surface area contributed by atoms with Crippen molar-refractivity contribution < 1.29 is 72.7 Å². The van der Waals surface area contributed by atoms with E-state index in [-0.39, 0.29) is 44.8 Å². The Labute approximate surface area is 352 Å². The van der Waals surface area contributed by atoms with Crippen LogP contribution in [0.25, 0.3) is 0 Å². The summed E-state index contributed by atoms with van der Waals surface area (Å²) in [5.74, 6) is -3.72. The number of aliphatic hydroxyl groups excluding tert-OH is 3. The van der Waals surface area contributed by atoms with Gasteiger partial charge in [0.2, 0.25) is 6.79 Å². The summed E-state index contributed by atoms with van der Waals surface area (Å²) in [5.41, 5.74) is -3.81. The van der Waals surface area contributed by atoms with Crippen LogP contribution in [0.3, 0.4) is 0 Å². The lowest BCUT2D eigenvalue weighted by atomic mass is 9.73. The van der Waals surface area contributed by atoms with E-state index in [1.165, 1.54) is 14.0 Å². The Morgan fingerprint density at radius 1 is 0.864 bits per heavy atom. The molecule has 0 aromatic heterocycles. The van der Waals surface area contributed by atoms with Gasteiger partial charge in [0.1, 0.15) is 23.9 Å². The number of cyclic esters (lactones) is 1. The molecule has 0 spiro atoms. The highest BCUT2D eigenvalue weighted by Gasteiger charge is 2.54. The molecule has 0 saturated carbocycles. The number of esters is 1. The van der Waals surface area contributed by atoms with E-state index >= 15 is 0 Å². The summed E-state index contributed by atoms with van der Waals surface area (Å²) < 4.78 is 55.2. The second-order valence-electron chi connectivity index (χ2n) is 17.9. The number of hydrogen-bond acceptors (Lipinski definition) is 17. The van der Waals surface area contributed by atoms with Crippen LogP contribution in [0.4, 0.5) is 0 Å². The molecule has 3 aliphatic rings. The second kappa shape index (κ2) is 22.2. The van der Waals surface area contributed by atoms with Crippen molar-refractivity contribution in [1.82, 2.24) is 4.90 Å². The molecule has 0 bridgehead atoms. The number of methoxy groups -OCH3 is 3. The smallest absolute Gasteiger partial charge is 0.311 e. The van der Waals surface area contributed by atoms with Crippen LogP contribution in [0, 0.1) is 23.7 Å². The number of likely N-dealkylation sites (N-methyl/N-ethyl adjacent to an activating group) is 1. The highest BCUT2D eigenvalue weighted by Crippen LogP contribution is 2.42. The number of aliphatic hydroxyl groups is 4. The van der Waals surface area contributed by atoms with Crippen molar-refractivity contribution in [3.8, 4) is 0 Å². The Morgan fingerprint density at radius 3 is 2.08 bits per heavy atom. The fourth-order valence-corrected chi connectivity index (χ4v) is 9.11. The first-order valence-corrected chi connectivity index (χ1v) is 21.1. The average molecular weight is 851 g/mol. The molecule has 0 amide bonds. The topological polar surface area (TPSA) is 206 Å². The zero-order valence-electron chi connectivity index (χ0n) is 38.3. The predicted octanol–water partition coefficient (Wildman–Crippen LogP) is 2.86. The molecule has 0 radical (unpaired) electrons. The molecule has 2 unspecified atom stereocenters. The summed E-state index contributed by atoms with van der Waals surface area (Å²) in [6.45, 7) is 18.1. The van der Waals surface area contributed by atoms with Crippen LogP contribution in [0.2, 0.25) is 0 Å². The van der Waals surface area contributed by atoms with Gasteiger partial charge < -0.3 is 72.8 Å². The van der Waals surface area contributed by atoms with Crippen molar-refractivity contribution in [1.29, 1.82) is 0 Å². The van der Waals surface area contributed by atoms with E-state index < -0.39 is 102 Å². The Bertz CT molecular complexity index is 1320. The lowest BCUT2D eigenvalue weighted by molar-refractivity contribution is -0.319. The number of oxime groups is 1. The zero-order valence-corrected chi connectivity index (χ0v) is 38.3. The van der Waals surface area contributed by atoms with Crippen molar-refractivity contribution in [2.45, 2.75) is 179 Å². The van der Waals surface area contributed by atoms with Gasteiger partial charge in [-0.15, -0.1) is 0 Å². The predicted molar refractivity (Wildman–Crippen MR) is 217 cm³/mol. The largest absolute Gasteiger partial charge is 0.459 e. The van der Waals surface area contributed by atoms with E-state index in [0.717, 1.165) is 0 Å². The van der Waals surface area contributed by atoms with Crippen LogP contribution < -0.4 is 0 Å². The standard InChI is InChI=1S/C42H78N2O15/c1-16-30-42(10,49)35(46)25(4)32(43-54-22-53-18-17-50-13)23(2)20-41(9,52-15)37(59-39-33(45)29(44(11)12)19-24(3)55-39)26(5)34(27(6)38(48)57-30)58-31-21-40(8,51-14)36(47)28(7)56-31/h23-31,33-37,39,45-47,49H,16-22H2,1-15H3/b43-32+/t23-,24-,25+,26+,27-,28+,29+,30?,31+,33-,34?,35-,36+,37-,39+,40-,41-,42-/m1/s1. The maximum absolute atomic E-state index is 14.4. The highest BCUT2D eigenvalue weighted by molar-refractivity contribution is 5.88. The third-order valence-corrected chi connectivity index (χ3v) is 13.0. The normalized spacial score (nSPS) is 45.3.